The molecule has 3 atom stereocenters. The van der Waals surface area contributed by atoms with Gasteiger partial charge in [-0.2, -0.15) is 5.43 Å². The number of hydrogen-bond acceptors (Lipinski definition) is 5. The van der Waals surface area contributed by atoms with Gasteiger partial charge >= 0.3 is 6.03 Å². The van der Waals surface area contributed by atoms with E-state index in [4.69, 9.17) is 11.6 Å². The first-order chi connectivity index (χ1) is 13.6. The Labute approximate surface area is 176 Å². The van der Waals surface area contributed by atoms with Crippen molar-refractivity contribution in [2.24, 2.45) is 0 Å². The molecule has 1 N–H and O–H groups in total. The standard InChI is InChI=1S/C19H19ClN4O2S2/c20-14-6-2-1-4-12(14)10-23-19(26)24-15-7-9-28-16(15)17(25)22(18(24)21-23)11-13-5-3-8-27-13/h1-6,8,15-16,18,21H,7,9-11H2. The van der Waals surface area contributed by atoms with Crippen LogP contribution in [0.2, 0.25) is 5.02 Å². The number of amides is 3. The van der Waals surface area contributed by atoms with Gasteiger partial charge in [-0.3, -0.25) is 14.7 Å². The van der Waals surface area contributed by atoms with Gasteiger partial charge in [0.1, 0.15) is 5.25 Å². The second-order valence-corrected chi connectivity index (χ2v) is 9.75. The second kappa shape index (κ2) is 7.26. The van der Waals surface area contributed by atoms with Crippen LogP contribution in [0.5, 0.6) is 0 Å². The fourth-order valence-electron chi connectivity index (χ4n) is 4.07. The van der Waals surface area contributed by atoms with Gasteiger partial charge in [-0.1, -0.05) is 35.9 Å². The Morgan fingerprint density at radius 3 is 2.79 bits per heavy atom. The van der Waals surface area contributed by atoms with Crippen LogP contribution in [0.15, 0.2) is 41.8 Å². The summed E-state index contributed by atoms with van der Waals surface area (Å²) in [7, 11) is 0. The number of thiophene rings is 1. The quantitative estimate of drug-likeness (QED) is 0.801. The summed E-state index contributed by atoms with van der Waals surface area (Å²) in [5.74, 6) is 1.01. The van der Waals surface area contributed by atoms with Gasteiger partial charge in [-0.05, 0) is 35.2 Å². The van der Waals surface area contributed by atoms with Crippen LogP contribution >= 0.6 is 34.7 Å². The molecule has 0 radical (unpaired) electrons. The Bertz CT molecular complexity index is 909. The lowest BCUT2D eigenvalue weighted by molar-refractivity contribution is -0.145. The van der Waals surface area contributed by atoms with Crippen molar-refractivity contribution in [3.63, 3.8) is 0 Å². The van der Waals surface area contributed by atoms with Crippen LogP contribution in [-0.2, 0) is 17.9 Å². The van der Waals surface area contributed by atoms with Gasteiger partial charge in [0.25, 0.3) is 0 Å². The topological polar surface area (TPSA) is 55.9 Å². The third kappa shape index (κ3) is 2.99. The molecule has 0 bridgehead atoms. The first-order valence-electron chi connectivity index (χ1n) is 9.17. The molecule has 146 valence electrons. The third-order valence-electron chi connectivity index (χ3n) is 5.42. The van der Waals surface area contributed by atoms with E-state index in [1.807, 2.05) is 46.7 Å². The minimum Gasteiger partial charge on any atom is -0.302 e. The van der Waals surface area contributed by atoms with E-state index in [9.17, 15) is 9.59 Å². The first-order valence-corrected chi connectivity index (χ1v) is 11.5. The van der Waals surface area contributed by atoms with Crippen LogP contribution in [0.1, 0.15) is 16.9 Å². The number of thioether (sulfide) groups is 1. The van der Waals surface area contributed by atoms with Crippen molar-refractivity contribution in [1.29, 1.82) is 0 Å². The number of urea groups is 1. The molecule has 3 fully saturated rings. The average Bonchev–Trinajstić information content (AvgIpc) is 3.42. The molecule has 0 spiro atoms. The first kappa shape index (κ1) is 18.3. The van der Waals surface area contributed by atoms with Crippen molar-refractivity contribution in [2.45, 2.75) is 37.1 Å². The Kier molecular flexibility index (Phi) is 4.74. The van der Waals surface area contributed by atoms with E-state index < -0.39 is 6.29 Å². The van der Waals surface area contributed by atoms with Crippen LogP contribution in [0, 0.1) is 0 Å². The zero-order valence-electron chi connectivity index (χ0n) is 15.0. The summed E-state index contributed by atoms with van der Waals surface area (Å²) >= 11 is 9.57. The lowest BCUT2D eigenvalue weighted by Crippen LogP contribution is -2.65. The van der Waals surface area contributed by atoms with E-state index in [1.54, 1.807) is 33.0 Å². The molecular weight excluding hydrogens is 416 g/mol. The molecule has 3 aliphatic heterocycles. The highest BCUT2D eigenvalue weighted by Gasteiger charge is 2.55. The van der Waals surface area contributed by atoms with Crippen molar-refractivity contribution in [2.75, 3.05) is 5.75 Å². The minimum atomic E-state index is -0.454. The van der Waals surface area contributed by atoms with Gasteiger partial charge in [0.2, 0.25) is 5.91 Å². The largest absolute Gasteiger partial charge is 0.337 e. The molecule has 4 heterocycles. The normalized spacial score (nSPS) is 26.8. The summed E-state index contributed by atoms with van der Waals surface area (Å²) in [5, 5.41) is 4.04. The molecule has 6 nitrogen and oxygen atoms in total. The van der Waals surface area contributed by atoms with Gasteiger partial charge in [0.05, 0.1) is 19.1 Å². The van der Waals surface area contributed by atoms with Crippen LogP contribution in [0.4, 0.5) is 4.79 Å². The highest BCUT2D eigenvalue weighted by Crippen LogP contribution is 2.40. The number of hydrazine groups is 1. The maximum absolute atomic E-state index is 13.3. The van der Waals surface area contributed by atoms with Gasteiger partial charge in [0, 0.05) is 9.90 Å². The molecular formula is C19H19ClN4O2S2. The average molecular weight is 435 g/mol. The number of nitrogens with one attached hydrogen (secondary N) is 1. The van der Waals surface area contributed by atoms with E-state index >= 15 is 0 Å². The molecule has 2 aromatic rings. The fraction of sp³-hybridized carbons (Fsp3) is 0.368. The number of halogens is 1. The van der Waals surface area contributed by atoms with E-state index in [0.717, 1.165) is 22.6 Å². The second-order valence-electron chi connectivity index (χ2n) is 7.06. The summed E-state index contributed by atoms with van der Waals surface area (Å²) in [4.78, 5) is 31.2. The highest BCUT2D eigenvalue weighted by molar-refractivity contribution is 8.00. The van der Waals surface area contributed by atoms with E-state index in [1.165, 1.54) is 0 Å². The molecule has 1 aromatic heterocycles. The smallest absolute Gasteiger partial charge is 0.302 e. The maximum Gasteiger partial charge on any atom is 0.337 e. The monoisotopic (exact) mass is 434 g/mol. The maximum atomic E-state index is 13.3. The Morgan fingerprint density at radius 2 is 2.00 bits per heavy atom. The fourth-order valence-corrected chi connectivity index (χ4v) is 6.37. The molecule has 0 saturated carbocycles. The van der Waals surface area contributed by atoms with E-state index in [2.05, 4.69) is 5.43 Å². The molecule has 0 aliphatic carbocycles. The van der Waals surface area contributed by atoms with E-state index in [-0.39, 0.29) is 23.2 Å². The van der Waals surface area contributed by atoms with Crippen molar-refractivity contribution in [3.05, 3.63) is 57.2 Å². The molecule has 3 unspecified atom stereocenters. The molecule has 28 heavy (non-hydrogen) atoms. The predicted molar refractivity (Wildman–Crippen MR) is 111 cm³/mol. The number of fused-ring (bicyclic) bond motifs is 3. The molecule has 3 saturated heterocycles. The van der Waals surface area contributed by atoms with Crippen LogP contribution < -0.4 is 5.43 Å². The third-order valence-corrected chi connectivity index (χ3v) is 7.99. The van der Waals surface area contributed by atoms with Crippen molar-refractivity contribution < 1.29 is 9.59 Å². The predicted octanol–water partition coefficient (Wildman–Crippen LogP) is 3.34. The lowest BCUT2D eigenvalue weighted by Gasteiger charge is -2.44. The van der Waals surface area contributed by atoms with Crippen LogP contribution in [-0.4, -0.2) is 50.1 Å². The molecule has 5 rings (SSSR count). The highest BCUT2D eigenvalue weighted by atomic mass is 35.5. The van der Waals surface area contributed by atoms with Crippen molar-refractivity contribution >= 4 is 46.6 Å². The summed E-state index contributed by atoms with van der Waals surface area (Å²) in [6, 6.07) is 11.4. The number of hydrogen-bond donors (Lipinski definition) is 1. The van der Waals surface area contributed by atoms with Crippen molar-refractivity contribution in [3.8, 4) is 0 Å². The lowest BCUT2D eigenvalue weighted by atomic mass is 10.1. The summed E-state index contributed by atoms with van der Waals surface area (Å²) in [6.07, 6.45) is 0.391. The number of carbonyl (C=O) groups is 2. The zero-order chi connectivity index (χ0) is 19.3. The van der Waals surface area contributed by atoms with E-state index in [0.29, 0.717) is 18.1 Å². The van der Waals surface area contributed by atoms with Gasteiger partial charge in [0.15, 0.2) is 6.29 Å². The van der Waals surface area contributed by atoms with Crippen molar-refractivity contribution in [1.82, 2.24) is 20.2 Å². The number of rotatable bonds is 4. The number of nitrogens with zero attached hydrogens (tertiary/aromatic N) is 3. The Balaban J connectivity index is 1.45. The minimum absolute atomic E-state index is 0.0571. The molecule has 1 aromatic carbocycles. The van der Waals surface area contributed by atoms with Gasteiger partial charge < -0.3 is 4.90 Å². The van der Waals surface area contributed by atoms with Crippen LogP contribution in [0.3, 0.4) is 0 Å². The Hall–Kier alpha value is -1.74. The Morgan fingerprint density at radius 1 is 1.14 bits per heavy atom. The van der Waals surface area contributed by atoms with Gasteiger partial charge in [-0.15, -0.1) is 23.1 Å². The number of benzene rings is 1. The SMILES string of the molecule is O=C1C2SCCC2N2C(=O)N(Cc3ccccc3Cl)NC2N1Cc1cccs1. The summed E-state index contributed by atoms with van der Waals surface area (Å²) in [5.41, 5.74) is 4.15. The zero-order valence-corrected chi connectivity index (χ0v) is 17.3. The molecule has 3 aliphatic rings. The summed E-state index contributed by atoms with van der Waals surface area (Å²) < 4.78 is 0. The molecule has 9 heteroatoms. The molecule has 3 amide bonds. The number of carbonyl (C=O) groups excluding carboxylic acids is 2. The van der Waals surface area contributed by atoms with Crippen LogP contribution in [0.25, 0.3) is 0 Å². The summed E-state index contributed by atoms with van der Waals surface area (Å²) in [6.45, 7) is 0.860. The van der Waals surface area contributed by atoms with Gasteiger partial charge in [-0.25, -0.2) is 4.79 Å².